The van der Waals surface area contributed by atoms with Gasteiger partial charge in [-0.3, -0.25) is 0 Å². The molecule has 0 saturated carbocycles. The normalized spacial score (nSPS) is 14.1. The van der Waals surface area contributed by atoms with Crippen molar-refractivity contribution >= 4 is 5.97 Å². The SMILES string of the molecule is CC(C)=CC(=O)OCC(C)CCC(C)CO. The number of hydrogen-bond acceptors (Lipinski definition) is 3. The summed E-state index contributed by atoms with van der Waals surface area (Å²) in [4.78, 5) is 11.2. The van der Waals surface area contributed by atoms with E-state index < -0.39 is 0 Å². The van der Waals surface area contributed by atoms with Crippen LogP contribution < -0.4 is 0 Å². The Labute approximate surface area is 98.5 Å². The van der Waals surface area contributed by atoms with E-state index in [1.54, 1.807) is 0 Å². The zero-order valence-corrected chi connectivity index (χ0v) is 10.8. The van der Waals surface area contributed by atoms with Crippen molar-refractivity contribution in [3.05, 3.63) is 11.6 Å². The molecule has 0 aliphatic rings. The van der Waals surface area contributed by atoms with Crippen LogP contribution in [-0.4, -0.2) is 24.3 Å². The first kappa shape index (κ1) is 15.2. The summed E-state index contributed by atoms with van der Waals surface area (Å²) in [6.07, 6.45) is 3.45. The van der Waals surface area contributed by atoms with E-state index in [1.807, 2.05) is 20.8 Å². The van der Waals surface area contributed by atoms with E-state index in [9.17, 15) is 4.79 Å². The molecule has 0 fully saturated rings. The van der Waals surface area contributed by atoms with Crippen LogP contribution in [0.25, 0.3) is 0 Å². The first-order valence-electron chi connectivity index (χ1n) is 5.88. The molecule has 0 aromatic heterocycles. The van der Waals surface area contributed by atoms with Gasteiger partial charge in [-0.15, -0.1) is 0 Å². The maximum atomic E-state index is 11.2. The summed E-state index contributed by atoms with van der Waals surface area (Å²) >= 11 is 0. The largest absolute Gasteiger partial charge is 0.462 e. The van der Waals surface area contributed by atoms with Gasteiger partial charge in [-0.25, -0.2) is 4.79 Å². The minimum atomic E-state index is -0.262. The van der Waals surface area contributed by atoms with Gasteiger partial charge in [-0.1, -0.05) is 19.4 Å². The van der Waals surface area contributed by atoms with Gasteiger partial charge in [0.25, 0.3) is 0 Å². The number of aliphatic hydroxyl groups is 1. The summed E-state index contributed by atoms with van der Waals surface area (Å²) in [6, 6.07) is 0. The number of hydrogen-bond donors (Lipinski definition) is 1. The van der Waals surface area contributed by atoms with Crippen LogP contribution in [0.4, 0.5) is 0 Å². The summed E-state index contributed by atoms with van der Waals surface area (Å²) < 4.78 is 5.10. The Morgan fingerprint density at radius 3 is 2.31 bits per heavy atom. The highest BCUT2D eigenvalue weighted by atomic mass is 16.5. The Morgan fingerprint density at radius 1 is 1.25 bits per heavy atom. The van der Waals surface area contributed by atoms with E-state index in [-0.39, 0.29) is 12.6 Å². The number of allylic oxidation sites excluding steroid dienone is 1. The summed E-state index contributed by atoms with van der Waals surface area (Å²) in [5.41, 5.74) is 0.951. The van der Waals surface area contributed by atoms with Crippen molar-refractivity contribution in [2.75, 3.05) is 13.2 Å². The molecular formula is C13H24O3. The molecule has 1 N–H and O–H groups in total. The van der Waals surface area contributed by atoms with Gasteiger partial charge in [-0.05, 0) is 38.5 Å². The number of aliphatic hydroxyl groups excluding tert-OH is 1. The van der Waals surface area contributed by atoms with Crippen molar-refractivity contribution < 1.29 is 14.6 Å². The molecular weight excluding hydrogens is 204 g/mol. The second-order valence-corrected chi connectivity index (χ2v) is 4.82. The number of carbonyl (C=O) groups is 1. The highest BCUT2D eigenvalue weighted by Gasteiger charge is 2.08. The quantitative estimate of drug-likeness (QED) is 0.538. The first-order valence-corrected chi connectivity index (χ1v) is 5.88. The van der Waals surface area contributed by atoms with Crippen molar-refractivity contribution in [3.63, 3.8) is 0 Å². The van der Waals surface area contributed by atoms with Gasteiger partial charge in [0.05, 0.1) is 6.61 Å². The van der Waals surface area contributed by atoms with E-state index in [0.717, 1.165) is 18.4 Å². The second kappa shape index (κ2) is 8.34. The predicted octanol–water partition coefficient (Wildman–Crippen LogP) is 2.54. The third-order valence-electron chi connectivity index (χ3n) is 2.38. The molecule has 2 unspecified atom stereocenters. The lowest BCUT2D eigenvalue weighted by Gasteiger charge is -2.13. The second-order valence-electron chi connectivity index (χ2n) is 4.82. The van der Waals surface area contributed by atoms with Gasteiger partial charge in [0.2, 0.25) is 0 Å². The standard InChI is InChI=1S/C13H24O3/c1-10(2)7-13(15)16-9-12(4)6-5-11(3)8-14/h7,11-12,14H,5-6,8-9H2,1-4H3. The average Bonchev–Trinajstić information content (AvgIpc) is 2.22. The molecule has 0 aliphatic heterocycles. The zero-order valence-electron chi connectivity index (χ0n) is 10.8. The average molecular weight is 228 g/mol. The molecule has 2 atom stereocenters. The van der Waals surface area contributed by atoms with E-state index in [4.69, 9.17) is 9.84 Å². The molecule has 94 valence electrons. The van der Waals surface area contributed by atoms with Crippen molar-refractivity contribution in [2.24, 2.45) is 11.8 Å². The minimum Gasteiger partial charge on any atom is -0.462 e. The Morgan fingerprint density at radius 2 is 1.81 bits per heavy atom. The lowest BCUT2D eigenvalue weighted by molar-refractivity contribution is -0.139. The molecule has 0 aromatic carbocycles. The molecule has 0 amide bonds. The molecule has 0 bridgehead atoms. The minimum absolute atomic E-state index is 0.226. The first-order chi connectivity index (χ1) is 7.45. The van der Waals surface area contributed by atoms with Gasteiger partial charge in [0.15, 0.2) is 0 Å². The van der Waals surface area contributed by atoms with Crippen LogP contribution in [0.1, 0.15) is 40.5 Å². The van der Waals surface area contributed by atoms with Gasteiger partial charge in [-0.2, -0.15) is 0 Å². The molecule has 0 radical (unpaired) electrons. The van der Waals surface area contributed by atoms with Gasteiger partial charge >= 0.3 is 5.97 Å². The van der Waals surface area contributed by atoms with E-state index in [2.05, 4.69) is 6.92 Å². The number of carbonyl (C=O) groups excluding carboxylic acids is 1. The number of esters is 1. The molecule has 0 aromatic rings. The molecule has 0 spiro atoms. The van der Waals surface area contributed by atoms with E-state index in [1.165, 1.54) is 6.08 Å². The Bertz CT molecular complexity index is 229. The molecule has 16 heavy (non-hydrogen) atoms. The van der Waals surface area contributed by atoms with Gasteiger partial charge in [0, 0.05) is 12.7 Å². The Kier molecular flexibility index (Phi) is 7.90. The maximum Gasteiger partial charge on any atom is 0.330 e. The molecule has 0 heterocycles. The zero-order chi connectivity index (χ0) is 12.6. The number of rotatable bonds is 7. The summed E-state index contributed by atoms with van der Waals surface area (Å²) in [5.74, 6) is 0.418. The Balaban J connectivity index is 3.69. The number of ether oxygens (including phenoxy) is 1. The predicted molar refractivity (Wildman–Crippen MR) is 65.0 cm³/mol. The summed E-state index contributed by atoms with van der Waals surface area (Å²) in [5, 5.41) is 8.87. The van der Waals surface area contributed by atoms with E-state index >= 15 is 0 Å². The summed E-state index contributed by atoms with van der Waals surface area (Å²) in [7, 11) is 0. The van der Waals surface area contributed by atoms with E-state index in [0.29, 0.717) is 18.4 Å². The molecule has 0 saturated heterocycles. The molecule has 0 rings (SSSR count). The van der Waals surface area contributed by atoms with Crippen molar-refractivity contribution in [2.45, 2.75) is 40.5 Å². The molecule has 0 aliphatic carbocycles. The van der Waals surface area contributed by atoms with Crippen LogP contribution in [0, 0.1) is 11.8 Å². The van der Waals surface area contributed by atoms with Gasteiger partial charge < -0.3 is 9.84 Å². The monoisotopic (exact) mass is 228 g/mol. The highest BCUT2D eigenvalue weighted by Crippen LogP contribution is 2.12. The molecule has 3 heteroatoms. The topological polar surface area (TPSA) is 46.5 Å². The fraction of sp³-hybridized carbons (Fsp3) is 0.769. The van der Waals surface area contributed by atoms with Crippen LogP contribution in [-0.2, 0) is 9.53 Å². The van der Waals surface area contributed by atoms with Crippen LogP contribution in [0.3, 0.4) is 0 Å². The maximum absolute atomic E-state index is 11.2. The lowest BCUT2D eigenvalue weighted by atomic mass is 9.99. The van der Waals surface area contributed by atoms with Crippen LogP contribution in [0.2, 0.25) is 0 Å². The van der Waals surface area contributed by atoms with Crippen molar-refractivity contribution in [3.8, 4) is 0 Å². The molecule has 3 nitrogen and oxygen atoms in total. The lowest BCUT2D eigenvalue weighted by Crippen LogP contribution is -2.12. The Hall–Kier alpha value is -0.830. The van der Waals surface area contributed by atoms with Gasteiger partial charge in [0.1, 0.15) is 0 Å². The fourth-order valence-corrected chi connectivity index (χ4v) is 1.25. The van der Waals surface area contributed by atoms with Crippen LogP contribution in [0.15, 0.2) is 11.6 Å². The third-order valence-corrected chi connectivity index (χ3v) is 2.38. The van der Waals surface area contributed by atoms with Crippen LogP contribution >= 0.6 is 0 Å². The van der Waals surface area contributed by atoms with Crippen molar-refractivity contribution in [1.29, 1.82) is 0 Å². The fourth-order valence-electron chi connectivity index (χ4n) is 1.25. The highest BCUT2D eigenvalue weighted by molar-refractivity contribution is 5.82. The third kappa shape index (κ3) is 8.48. The van der Waals surface area contributed by atoms with Crippen molar-refractivity contribution in [1.82, 2.24) is 0 Å². The smallest absolute Gasteiger partial charge is 0.330 e. The summed E-state index contributed by atoms with van der Waals surface area (Å²) in [6.45, 7) is 8.49. The van der Waals surface area contributed by atoms with Crippen LogP contribution in [0.5, 0.6) is 0 Å².